The van der Waals surface area contributed by atoms with Gasteiger partial charge in [0.2, 0.25) is 5.78 Å². The number of hydrogen-bond donors (Lipinski definition) is 1. The Morgan fingerprint density at radius 1 is 1.10 bits per heavy atom. The van der Waals surface area contributed by atoms with E-state index in [0.29, 0.717) is 18.8 Å². The lowest BCUT2D eigenvalue weighted by molar-refractivity contribution is -0.141. The number of aliphatic hydroxyl groups excluding tert-OH is 1. The van der Waals surface area contributed by atoms with Gasteiger partial charge in [0.15, 0.2) is 6.10 Å². The lowest BCUT2D eigenvalue weighted by atomic mass is 9.84. The van der Waals surface area contributed by atoms with Crippen LogP contribution < -0.4 is 0 Å². The number of carbonyl (C=O) groups excluding carboxylic acids is 2. The highest BCUT2D eigenvalue weighted by molar-refractivity contribution is 6.23. The van der Waals surface area contributed by atoms with Crippen LogP contribution in [0.25, 0.3) is 0 Å². The molecular weight excluding hydrogens is 364 g/mol. The van der Waals surface area contributed by atoms with Crippen molar-refractivity contribution in [3.8, 4) is 0 Å². The molecule has 0 amide bonds. The second-order valence-corrected chi connectivity index (χ2v) is 9.81. The number of ketones is 1. The monoisotopic (exact) mass is 398 g/mol. The molecule has 0 aromatic heterocycles. The Kier molecular flexibility index (Phi) is 6.50. The van der Waals surface area contributed by atoms with Gasteiger partial charge in [0, 0.05) is 5.92 Å². The summed E-state index contributed by atoms with van der Waals surface area (Å²) in [7, 11) is 0. The number of Topliss-reactive ketones (excluding diaryl/α,β-unsaturated/α-hetero) is 1. The number of allylic oxidation sites excluding steroid dienone is 1. The topological polar surface area (TPSA) is 63.6 Å². The molecule has 4 heteroatoms. The lowest BCUT2D eigenvalue weighted by Crippen LogP contribution is -2.22. The van der Waals surface area contributed by atoms with E-state index < -0.39 is 12.1 Å². The summed E-state index contributed by atoms with van der Waals surface area (Å²) in [6, 6.07) is 8.30. The molecule has 1 N–H and O–H groups in total. The van der Waals surface area contributed by atoms with Crippen molar-refractivity contribution >= 4 is 11.8 Å². The molecule has 1 saturated heterocycles. The van der Waals surface area contributed by atoms with Gasteiger partial charge in [0.25, 0.3) is 0 Å². The van der Waals surface area contributed by atoms with Gasteiger partial charge in [-0.1, -0.05) is 84.1 Å². The van der Waals surface area contributed by atoms with Crippen LogP contribution in [-0.2, 0) is 26.2 Å². The number of cyclic esters (lactones) is 1. The third-order valence-corrected chi connectivity index (χ3v) is 6.35. The zero-order valence-corrected chi connectivity index (χ0v) is 18.2. The van der Waals surface area contributed by atoms with Crippen LogP contribution in [0.4, 0.5) is 0 Å². The summed E-state index contributed by atoms with van der Waals surface area (Å²) in [5, 5.41) is 10.7. The van der Waals surface area contributed by atoms with Crippen LogP contribution in [0.3, 0.4) is 0 Å². The van der Waals surface area contributed by atoms with E-state index in [9.17, 15) is 14.7 Å². The molecule has 0 radical (unpaired) electrons. The van der Waals surface area contributed by atoms with Crippen molar-refractivity contribution in [3.63, 3.8) is 0 Å². The molecule has 2 aliphatic rings. The molecule has 0 unspecified atom stereocenters. The van der Waals surface area contributed by atoms with E-state index in [0.717, 1.165) is 18.4 Å². The quantitative estimate of drug-likeness (QED) is 0.310. The van der Waals surface area contributed by atoms with Gasteiger partial charge in [-0.3, -0.25) is 4.79 Å². The van der Waals surface area contributed by atoms with E-state index in [1.807, 2.05) is 6.92 Å². The Bertz CT molecular complexity index is 776. The number of ether oxygens (including phenoxy) is 1. The van der Waals surface area contributed by atoms with Crippen LogP contribution in [0.2, 0.25) is 0 Å². The van der Waals surface area contributed by atoms with Gasteiger partial charge in [0.1, 0.15) is 11.3 Å². The second kappa shape index (κ2) is 8.73. The fraction of sp³-hybridized carbons (Fsp3) is 0.600. The summed E-state index contributed by atoms with van der Waals surface area (Å²) >= 11 is 0. The molecule has 2 atom stereocenters. The van der Waals surface area contributed by atoms with Gasteiger partial charge in [-0.25, -0.2) is 4.79 Å². The molecule has 1 aliphatic heterocycles. The average molecular weight is 399 g/mol. The number of rotatable bonds is 5. The minimum absolute atomic E-state index is 0.0850. The van der Waals surface area contributed by atoms with Crippen molar-refractivity contribution in [2.75, 3.05) is 0 Å². The Balaban J connectivity index is 1.68. The average Bonchev–Trinajstić information content (AvgIpc) is 2.95. The third kappa shape index (κ3) is 5.09. The highest BCUT2D eigenvalue weighted by Crippen LogP contribution is 2.33. The largest absolute Gasteiger partial charge is 0.511 e. The summed E-state index contributed by atoms with van der Waals surface area (Å²) in [5.74, 6) is -1.02. The first-order valence-electron chi connectivity index (χ1n) is 10.9. The van der Waals surface area contributed by atoms with Crippen LogP contribution in [0.1, 0.15) is 77.3 Å². The van der Waals surface area contributed by atoms with E-state index in [1.165, 1.54) is 24.8 Å². The summed E-state index contributed by atoms with van der Waals surface area (Å²) in [6.07, 6.45) is 6.21. The standard InChI is InChI=1S/C25H34O4/c1-16(14-18-10-12-19(13-11-18)25(2,3)4)22(26)21-23(27)20(29-24(21)28)15-17-8-6-5-7-9-17/h10-13,16-17,20,26H,5-9,14-15H2,1-4H3/t16-,20-/m0/s1. The number of carbonyl (C=O) groups is 2. The van der Waals surface area contributed by atoms with E-state index in [-0.39, 0.29) is 28.4 Å². The predicted octanol–water partition coefficient (Wildman–Crippen LogP) is 5.44. The second-order valence-electron chi connectivity index (χ2n) is 9.81. The molecule has 1 saturated carbocycles. The molecule has 29 heavy (non-hydrogen) atoms. The molecular formula is C25H34O4. The Labute approximate surface area is 174 Å². The number of benzene rings is 1. The maximum atomic E-state index is 12.8. The van der Waals surface area contributed by atoms with Crippen molar-refractivity contribution < 1.29 is 19.4 Å². The zero-order valence-electron chi connectivity index (χ0n) is 18.2. The third-order valence-electron chi connectivity index (χ3n) is 6.35. The van der Waals surface area contributed by atoms with Crippen molar-refractivity contribution in [2.24, 2.45) is 11.8 Å². The molecule has 0 bridgehead atoms. The number of hydrogen-bond acceptors (Lipinski definition) is 4. The minimum Gasteiger partial charge on any atom is -0.511 e. The van der Waals surface area contributed by atoms with E-state index in [1.54, 1.807) is 0 Å². The van der Waals surface area contributed by atoms with Gasteiger partial charge < -0.3 is 9.84 Å². The van der Waals surface area contributed by atoms with Crippen LogP contribution in [-0.4, -0.2) is 23.0 Å². The van der Waals surface area contributed by atoms with Crippen molar-refractivity contribution in [1.29, 1.82) is 0 Å². The highest BCUT2D eigenvalue weighted by Gasteiger charge is 2.42. The molecule has 1 heterocycles. The van der Waals surface area contributed by atoms with Gasteiger partial charge in [-0.15, -0.1) is 0 Å². The van der Waals surface area contributed by atoms with E-state index >= 15 is 0 Å². The SMILES string of the molecule is C[C@@H](Cc1ccc(C(C)(C)C)cc1)C(O)=C1C(=O)O[C@@H](CC2CCCCC2)C1=O. The lowest BCUT2D eigenvalue weighted by Gasteiger charge is -2.22. The van der Waals surface area contributed by atoms with Crippen molar-refractivity contribution in [2.45, 2.75) is 84.2 Å². The Morgan fingerprint density at radius 3 is 2.31 bits per heavy atom. The maximum absolute atomic E-state index is 12.8. The van der Waals surface area contributed by atoms with Crippen LogP contribution >= 0.6 is 0 Å². The van der Waals surface area contributed by atoms with Gasteiger partial charge >= 0.3 is 5.97 Å². The van der Waals surface area contributed by atoms with Crippen molar-refractivity contribution in [1.82, 2.24) is 0 Å². The first-order valence-corrected chi connectivity index (χ1v) is 10.9. The van der Waals surface area contributed by atoms with Crippen LogP contribution in [0, 0.1) is 11.8 Å². The summed E-state index contributed by atoms with van der Waals surface area (Å²) < 4.78 is 5.36. The normalized spacial score (nSPS) is 23.8. The zero-order chi connectivity index (χ0) is 21.2. The molecule has 0 spiro atoms. The number of esters is 1. The van der Waals surface area contributed by atoms with Crippen LogP contribution in [0.5, 0.6) is 0 Å². The molecule has 158 valence electrons. The predicted molar refractivity (Wildman–Crippen MR) is 114 cm³/mol. The van der Waals surface area contributed by atoms with E-state index in [4.69, 9.17) is 4.74 Å². The molecule has 4 nitrogen and oxygen atoms in total. The Hall–Kier alpha value is -2.10. The molecule has 3 rings (SSSR count). The first-order chi connectivity index (χ1) is 13.7. The molecule has 1 aromatic carbocycles. The maximum Gasteiger partial charge on any atom is 0.346 e. The first kappa shape index (κ1) is 21.6. The molecule has 1 aliphatic carbocycles. The smallest absolute Gasteiger partial charge is 0.346 e. The van der Waals surface area contributed by atoms with Crippen molar-refractivity contribution in [3.05, 3.63) is 46.7 Å². The fourth-order valence-electron chi connectivity index (χ4n) is 4.45. The summed E-state index contributed by atoms with van der Waals surface area (Å²) in [4.78, 5) is 25.1. The highest BCUT2D eigenvalue weighted by atomic mass is 16.6. The van der Waals surface area contributed by atoms with Gasteiger partial charge in [-0.05, 0) is 35.3 Å². The Morgan fingerprint density at radius 2 is 1.72 bits per heavy atom. The van der Waals surface area contributed by atoms with E-state index in [2.05, 4.69) is 45.0 Å². The summed E-state index contributed by atoms with van der Waals surface area (Å²) in [5.41, 5.74) is 2.26. The van der Waals surface area contributed by atoms with Gasteiger partial charge in [-0.2, -0.15) is 0 Å². The molecule has 1 aromatic rings. The van der Waals surface area contributed by atoms with Crippen LogP contribution in [0.15, 0.2) is 35.6 Å². The summed E-state index contributed by atoms with van der Waals surface area (Å²) in [6.45, 7) is 8.35. The van der Waals surface area contributed by atoms with Gasteiger partial charge in [0.05, 0.1) is 0 Å². The minimum atomic E-state index is -0.721. The fourth-order valence-corrected chi connectivity index (χ4v) is 4.45. The number of aliphatic hydroxyl groups is 1. The molecule has 2 fully saturated rings.